The first-order valence-electron chi connectivity index (χ1n) is 12.6. The second-order valence-electron chi connectivity index (χ2n) is 9.51. The van der Waals surface area contributed by atoms with Crippen molar-refractivity contribution >= 4 is 11.6 Å². The van der Waals surface area contributed by atoms with E-state index in [1.807, 2.05) is 30.3 Å². The van der Waals surface area contributed by atoms with Crippen molar-refractivity contribution in [2.24, 2.45) is 5.92 Å². The van der Waals surface area contributed by atoms with Gasteiger partial charge in [0, 0.05) is 38.3 Å². The number of hydrogen-bond acceptors (Lipinski definition) is 6. The summed E-state index contributed by atoms with van der Waals surface area (Å²) in [7, 11) is 3.80. The molecule has 7 nitrogen and oxygen atoms in total. The van der Waals surface area contributed by atoms with E-state index >= 15 is 0 Å². The number of carbonyl (C=O) groups is 1. The first kappa shape index (κ1) is 26.8. The van der Waals surface area contributed by atoms with Crippen molar-refractivity contribution in [1.82, 2.24) is 9.80 Å². The maximum absolute atomic E-state index is 11.2. The predicted molar refractivity (Wildman–Crippen MR) is 141 cm³/mol. The maximum Gasteiger partial charge on any atom is 0.221 e. The summed E-state index contributed by atoms with van der Waals surface area (Å²) < 4.78 is 17.5. The highest BCUT2D eigenvalue weighted by atomic mass is 16.5. The van der Waals surface area contributed by atoms with Crippen molar-refractivity contribution in [2.45, 2.75) is 39.7 Å². The van der Waals surface area contributed by atoms with E-state index in [-0.39, 0.29) is 5.91 Å². The number of ether oxygens (including phenoxy) is 3. The Balaban J connectivity index is 1.38. The molecule has 1 amide bonds. The average molecular weight is 484 g/mol. The van der Waals surface area contributed by atoms with E-state index in [0.717, 1.165) is 54.9 Å². The van der Waals surface area contributed by atoms with E-state index in [0.29, 0.717) is 13.2 Å². The van der Waals surface area contributed by atoms with Crippen molar-refractivity contribution in [2.75, 3.05) is 58.9 Å². The minimum Gasteiger partial charge on any atom is -0.493 e. The number of hydrogen-bond donors (Lipinski definition) is 1. The van der Waals surface area contributed by atoms with Gasteiger partial charge >= 0.3 is 0 Å². The second-order valence-corrected chi connectivity index (χ2v) is 9.51. The summed E-state index contributed by atoms with van der Waals surface area (Å²) in [6, 6.07) is 13.7. The van der Waals surface area contributed by atoms with Crippen molar-refractivity contribution in [3.8, 4) is 17.2 Å². The highest BCUT2D eigenvalue weighted by Crippen LogP contribution is 2.28. The monoisotopic (exact) mass is 483 g/mol. The molecule has 3 rings (SSSR count). The van der Waals surface area contributed by atoms with Crippen molar-refractivity contribution in [3.05, 3.63) is 48.0 Å². The number of likely N-dealkylation sites (tertiary alicyclic amines) is 1. The van der Waals surface area contributed by atoms with Crippen LogP contribution >= 0.6 is 0 Å². The molecule has 1 heterocycles. The number of anilines is 1. The van der Waals surface area contributed by atoms with Gasteiger partial charge in [-0.15, -0.1) is 0 Å². The molecule has 2 aromatic carbocycles. The SMILES string of the molecule is COc1cc(CN(C)CCCOc2cccc(NC(C)=O)c2)ccc1OCCN1CCC(C)CC1. The van der Waals surface area contributed by atoms with Crippen LogP contribution in [0.25, 0.3) is 0 Å². The molecule has 0 unspecified atom stereocenters. The molecule has 7 heteroatoms. The van der Waals surface area contributed by atoms with Crippen LogP contribution in [0.2, 0.25) is 0 Å². The first-order chi connectivity index (χ1) is 16.9. The molecule has 192 valence electrons. The second kappa shape index (κ2) is 14.0. The molecule has 0 radical (unpaired) electrons. The van der Waals surface area contributed by atoms with Gasteiger partial charge in [0.25, 0.3) is 0 Å². The first-order valence-corrected chi connectivity index (χ1v) is 12.6. The molecule has 1 aliphatic heterocycles. The Bertz CT molecular complexity index is 928. The van der Waals surface area contributed by atoms with E-state index in [2.05, 4.69) is 41.2 Å². The van der Waals surface area contributed by atoms with E-state index < -0.39 is 0 Å². The number of amides is 1. The Labute approximate surface area is 210 Å². The number of nitrogens with one attached hydrogen (secondary N) is 1. The van der Waals surface area contributed by atoms with Crippen molar-refractivity contribution in [1.29, 1.82) is 0 Å². The molecule has 1 saturated heterocycles. The zero-order chi connectivity index (χ0) is 25.0. The van der Waals surface area contributed by atoms with E-state index in [1.54, 1.807) is 7.11 Å². The fraction of sp³-hybridized carbons (Fsp3) is 0.536. The standard InChI is InChI=1S/C28H41N3O4/c1-22-11-14-31(15-12-22)16-18-35-27-10-9-24(19-28(27)33-4)21-30(3)13-6-17-34-26-8-5-7-25(20-26)29-23(2)32/h5,7-10,19-20,22H,6,11-18,21H2,1-4H3,(H,29,32). The summed E-state index contributed by atoms with van der Waals surface area (Å²) in [5.74, 6) is 3.10. The van der Waals surface area contributed by atoms with E-state index in [9.17, 15) is 4.79 Å². The Kier molecular flexibility index (Phi) is 10.7. The van der Waals surface area contributed by atoms with Crippen LogP contribution < -0.4 is 19.5 Å². The molecule has 35 heavy (non-hydrogen) atoms. The molecule has 0 saturated carbocycles. The van der Waals surface area contributed by atoms with E-state index in [4.69, 9.17) is 14.2 Å². The van der Waals surface area contributed by atoms with E-state index in [1.165, 1.54) is 38.4 Å². The number of piperidine rings is 1. The third kappa shape index (κ3) is 9.42. The molecule has 0 aromatic heterocycles. The molecule has 0 spiro atoms. The van der Waals surface area contributed by atoms with Gasteiger partial charge < -0.3 is 24.4 Å². The van der Waals surface area contributed by atoms with Crippen LogP contribution in [0.5, 0.6) is 17.2 Å². The van der Waals surface area contributed by atoms with Crippen LogP contribution in [0.15, 0.2) is 42.5 Å². The lowest BCUT2D eigenvalue weighted by Crippen LogP contribution is -2.35. The van der Waals surface area contributed by atoms with Crippen LogP contribution in [0, 0.1) is 5.92 Å². The van der Waals surface area contributed by atoms with Crippen LogP contribution in [0.3, 0.4) is 0 Å². The van der Waals surface area contributed by atoms with Crippen LogP contribution in [0.4, 0.5) is 5.69 Å². The molecule has 1 aliphatic rings. The fourth-order valence-electron chi connectivity index (χ4n) is 4.28. The van der Waals surface area contributed by atoms with Gasteiger partial charge in [-0.05, 0) is 75.1 Å². The highest BCUT2D eigenvalue weighted by molar-refractivity contribution is 5.88. The average Bonchev–Trinajstić information content (AvgIpc) is 2.83. The largest absolute Gasteiger partial charge is 0.493 e. The highest BCUT2D eigenvalue weighted by Gasteiger charge is 2.15. The maximum atomic E-state index is 11.2. The van der Waals surface area contributed by atoms with Gasteiger partial charge in [-0.25, -0.2) is 0 Å². The zero-order valence-corrected chi connectivity index (χ0v) is 21.7. The Hall–Kier alpha value is -2.77. The summed E-state index contributed by atoms with van der Waals surface area (Å²) in [4.78, 5) is 16.0. The quantitative estimate of drug-likeness (QED) is 0.418. The summed E-state index contributed by atoms with van der Waals surface area (Å²) in [6.45, 7) is 10.1. The van der Waals surface area contributed by atoms with Crippen LogP contribution in [0.1, 0.15) is 38.7 Å². The minimum absolute atomic E-state index is 0.0906. The van der Waals surface area contributed by atoms with Gasteiger partial charge in [-0.2, -0.15) is 0 Å². The summed E-state index contributed by atoms with van der Waals surface area (Å²) >= 11 is 0. The van der Waals surface area contributed by atoms with Gasteiger partial charge in [0.1, 0.15) is 12.4 Å². The van der Waals surface area contributed by atoms with Gasteiger partial charge in [-0.3, -0.25) is 9.69 Å². The lowest BCUT2D eigenvalue weighted by Gasteiger charge is -2.30. The van der Waals surface area contributed by atoms with Gasteiger partial charge in [0.05, 0.1) is 13.7 Å². The Morgan fingerprint density at radius 3 is 2.63 bits per heavy atom. The third-order valence-electron chi connectivity index (χ3n) is 6.33. The fourth-order valence-corrected chi connectivity index (χ4v) is 4.28. The third-order valence-corrected chi connectivity index (χ3v) is 6.33. The van der Waals surface area contributed by atoms with Crippen molar-refractivity contribution < 1.29 is 19.0 Å². The Morgan fingerprint density at radius 2 is 1.89 bits per heavy atom. The number of methoxy groups -OCH3 is 1. The summed E-state index contributed by atoms with van der Waals surface area (Å²) in [6.07, 6.45) is 3.46. The van der Waals surface area contributed by atoms with Gasteiger partial charge in [-0.1, -0.05) is 19.1 Å². The smallest absolute Gasteiger partial charge is 0.221 e. The normalized spacial score (nSPS) is 14.7. The molecular weight excluding hydrogens is 442 g/mol. The van der Waals surface area contributed by atoms with Crippen molar-refractivity contribution in [3.63, 3.8) is 0 Å². The summed E-state index contributed by atoms with van der Waals surface area (Å²) in [5, 5.41) is 2.77. The predicted octanol–water partition coefficient (Wildman–Crippen LogP) is 4.67. The molecule has 0 bridgehead atoms. The number of benzene rings is 2. The number of carbonyl (C=O) groups excluding carboxylic acids is 1. The summed E-state index contributed by atoms with van der Waals surface area (Å²) in [5.41, 5.74) is 1.93. The molecule has 0 atom stereocenters. The van der Waals surface area contributed by atoms with Gasteiger partial charge in [0.2, 0.25) is 5.91 Å². The molecule has 2 aromatic rings. The lowest BCUT2D eigenvalue weighted by atomic mass is 9.99. The number of rotatable bonds is 13. The molecule has 1 N–H and O–H groups in total. The minimum atomic E-state index is -0.0906. The van der Waals surface area contributed by atoms with Crippen LogP contribution in [-0.2, 0) is 11.3 Å². The number of nitrogens with zero attached hydrogens (tertiary/aromatic N) is 2. The zero-order valence-electron chi connectivity index (χ0n) is 21.7. The van der Waals surface area contributed by atoms with Gasteiger partial charge in [0.15, 0.2) is 11.5 Å². The Morgan fingerprint density at radius 1 is 1.09 bits per heavy atom. The lowest BCUT2D eigenvalue weighted by molar-refractivity contribution is -0.114. The molecule has 0 aliphatic carbocycles. The van der Waals surface area contributed by atoms with Crippen LogP contribution in [-0.4, -0.2) is 69.3 Å². The molecular formula is C28H41N3O4. The topological polar surface area (TPSA) is 63.3 Å². The molecule has 1 fully saturated rings.